The summed E-state index contributed by atoms with van der Waals surface area (Å²) in [6, 6.07) is 8.36. The minimum atomic E-state index is -0.383. The van der Waals surface area contributed by atoms with Crippen LogP contribution in [-0.2, 0) is 0 Å². The van der Waals surface area contributed by atoms with Gasteiger partial charge in [-0.25, -0.2) is 4.79 Å². The largest absolute Gasteiger partial charge is 0.328 e. The molecule has 0 atom stereocenters. The van der Waals surface area contributed by atoms with Crippen molar-refractivity contribution in [2.75, 3.05) is 6.54 Å². The number of hydrogen-bond acceptors (Lipinski definition) is 2. The molecule has 0 fully saturated rings. The van der Waals surface area contributed by atoms with E-state index in [2.05, 4.69) is 5.32 Å². The van der Waals surface area contributed by atoms with Crippen LogP contribution in [0.1, 0.15) is 10.4 Å². The number of imide groups is 1. The Hall–Kier alpha value is -2.10. The molecule has 1 aliphatic heterocycles. The fraction of sp³-hybridized carbons (Fsp3) is 0.0909. The van der Waals surface area contributed by atoms with Crippen LogP contribution in [0.25, 0.3) is 0 Å². The maximum atomic E-state index is 11.8. The number of hydrogen-bond donors (Lipinski definition) is 1. The summed E-state index contributed by atoms with van der Waals surface area (Å²) in [5, 5.41) is 2.47. The SMILES string of the molecule is O=C1NC=CCN1C(=O)c1ccccc1. The Kier molecular flexibility index (Phi) is 2.49. The van der Waals surface area contributed by atoms with E-state index in [1.807, 2.05) is 6.07 Å². The predicted molar refractivity (Wildman–Crippen MR) is 55.2 cm³/mol. The molecular weight excluding hydrogens is 192 g/mol. The average molecular weight is 202 g/mol. The van der Waals surface area contributed by atoms with Gasteiger partial charge in [0.2, 0.25) is 0 Å². The summed E-state index contributed by atoms with van der Waals surface area (Å²) in [6.07, 6.45) is 3.26. The Morgan fingerprint density at radius 3 is 2.67 bits per heavy atom. The van der Waals surface area contributed by atoms with Crippen molar-refractivity contribution in [3.05, 3.63) is 48.2 Å². The molecule has 0 saturated heterocycles. The summed E-state index contributed by atoms with van der Waals surface area (Å²) in [5.41, 5.74) is 0.517. The van der Waals surface area contributed by atoms with E-state index >= 15 is 0 Å². The smallest absolute Gasteiger partial charge is 0.314 e. The lowest BCUT2D eigenvalue weighted by Gasteiger charge is -2.21. The summed E-state index contributed by atoms with van der Waals surface area (Å²) in [5.74, 6) is -0.280. The number of benzene rings is 1. The maximum Gasteiger partial charge on any atom is 0.328 e. The van der Waals surface area contributed by atoms with E-state index in [9.17, 15) is 9.59 Å². The van der Waals surface area contributed by atoms with Crippen LogP contribution < -0.4 is 5.32 Å². The third-order valence-corrected chi connectivity index (χ3v) is 2.12. The second-order valence-corrected chi connectivity index (χ2v) is 3.13. The standard InChI is InChI=1S/C11H10N2O2/c14-10(9-5-2-1-3-6-9)13-8-4-7-12-11(13)15/h1-7H,8H2,(H,12,15). The lowest BCUT2D eigenvalue weighted by atomic mass is 10.2. The van der Waals surface area contributed by atoms with E-state index in [0.29, 0.717) is 12.1 Å². The highest BCUT2D eigenvalue weighted by Gasteiger charge is 2.22. The Balaban J connectivity index is 2.21. The van der Waals surface area contributed by atoms with Crippen LogP contribution >= 0.6 is 0 Å². The molecule has 0 bridgehead atoms. The van der Waals surface area contributed by atoms with Crippen molar-refractivity contribution < 1.29 is 9.59 Å². The van der Waals surface area contributed by atoms with Crippen LogP contribution in [0.5, 0.6) is 0 Å². The lowest BCUT2D eigenvalue weighted by Crippen LogP contribution is -2.44. The van der Waals surface area contributed by atoms with Gasteiger partial charge in [-0.1, -0.05) is 18.2 Å². The molecule has 4 nitrogen and oxygen atoms in total. The first kappa shape index (κ1) is 9.45. The van der Waals surface area contributed by atoms with Gasteiger partial charge in [0.15, 0.2) is 0 Å². The Bertz CT molecular complexity index is 412. The van der Waals surface area contributed by atoms with Crippen molar-refractivity contribution in [2.45, 2.75) is 0 Å². The van der Waals surface area contributed by atoms with Gasteiger partial charge in [-0.3, -0.25) is 9.69 Å². The van der Waals surface area contributed by atoms with Gasteiger partial charge in [0.25, 0.3) is 5.91 Å². The molecule has 0 saturated carbocycles. The number of nitrogens with one attached hydrogen (secondary N) is 1. The second-order valence-electron chi connectivity index (χ2n) is 3.13. The number of amides is 3. The van der Waals surface area contributed by atoms with E-state index in [1.54, 1.807) is 30.3 Å². The Morgan fingerprint density at radius 1 is 1.27 bits per heavy atom. The van der Waals surface area contributed by atoms with E-state index in [-0.39, 0.29) is 11.9 Å². The molecule has 0 spiro atoms. The summed E-state index contributed by atoms with van der Waals surface area (Å²) >= 11 is 0. The molecule has 0 unspecified atom stereocenters. The molecule has 0 aliphatic carbocycles. The molecule has 0 radical (unpaired) electrons. The highest BCUT2D eigenvalue weighted by molar-refractivity contribution is 6.04. The van der Waals surface area contributed by atoms with Gasteiger partial charge in [0.1, 0.15) is 0 Å². The quantitative estimate of drug-likeness (QED) is 0.747. The lowest BCUT2D eigenvalue weighted by molar-refractivity contribution is 0.0813. The van der Waals surface area contributed by atoms with Gasteiger partial charge in [-0.15, -0.1) is 0 Å². The second kappa shape index (κ2) is 3.96. The highest BCUT2D eigenvalue weighted by atomic mass is 16.2. The van der Waals surface area contributed by atoms with Crippen molar-refractivity contribution >= 4 is 11.9 Å². The number of urea groups is 1. The third-order valence-electron chi connectivity index (χ3n) is 2.12. The molecule has 4 heteroatoms. The molecule has 2 rings (SSSR count). The summed E-state index contributed by atoms with van der Waals surface area (Å²) in [6.45, 7) is 0.319. The third kappa shape index (κ3) is 1.88. The van der Waals surface area contributed by atoms with E-state index < -0.39 is 0 Å². The average Bonchev–Trinajstić information content (AvgIpc) is 2.30. The van der Waals surface area contributed by atoms with Crippen LogP contribution in [0.15, 0.2) is 42.6 Å². The van der Waals surface area contributed by atoms with Crippen molar-refractivity contribution in [1.82, 2.24) is 10.2 Å². The van der Waals surface area contributed by atoms with Crippen molar-refractivity contribution in [1.29, 1.82) is 0 Å². The number of carbonyl (C=O) groups excluding carboxylic acids is 2. The molecular formula is C11H10N2O2. The monoisotopic (exact) mass is 202 g/mol. The van der Waals surface area contributed by atoms with E-state index in [0.717, 1.165) is 4.90 Å². The van der Waals surface area contributed by atoms with Crippen molar-refractivity contribution in [3.63, 3.8) is 0 Å². The van der Waals surface area contributed by atoms with Gasteiger partial charge >= 0.3 is 6.03 Å². The fourth-order valence-corrected chi connectivity index (χ4v) is 1.36. The first-order valence-electron chi connectivity index (χ1n) is 4.61. The molecule has 1 aliphatic rings. The van der Waals surface area contributed by atoms with E-state index in [4.69, 9.17) is 0 Å². The molecule has 0 aromatic heterocycles. The minimum absolute atomic E-state index is 0.280. The van der Waals surface area contributed by atoms with Gasteiger partial charge in [0.05, 0.1) is 6.54 Å². The predicted octanol–water partition coefficient (Wildman–Crippen LogP) is 1.37. The van der Waals surface area contributed by atoms with Crippen LogP contribution in [0, 0.1) is 0 Å². The van der Waals surface area contributed by atoms with Crippen LogP contribution in [-0.4, -0.2) is 23.4 Å². The van der Waals surface area contributed by atoms with E-state index in [1.165, 1.54) is 6.20 Å². The molecule has 1 heterocycles. The van der Waals surface area contributed by atoms with Gasteiger partial charge in [-0.05, 0) is 18.2 Å². The zero-order chi connectivity index (χ0) is 10.7. The van der Waals surface area contributed by atoms with Gasteiger partial charge < -0.3 is 5.32 Å². The molecule has 1 aromatic carbocycles. The fourth-order valence-electron chi connectivity index (χ4n) is 1.36. The minimum Gasteiger partial charge on any atom is -0.314 e. The topological polar surface area (TPSA) is 49.4 Å². The zero-order valence-electron chi connectivity index (χ0n) is 8.01. The Labute approximate surface area is 87.2 Å². The summed E-state index contributed by atoms with van der Waals surface area (Å²) in [7, 11) is 0. The van der Waals surface area contributed by atoms with Gasteiger partial charge in [-0.2, -0.15) is 0 Å². The summed E-state index contributed by atoms with van der Waals surface area (Å²) < 4.78 is 0. The molecule has 3 amide bonds. The molecule has 15 heavy (non-hydrogen) atoms. The van der Waals surface area contributed by atoms with Crippen molar-refractivity contribution in [2.24, 2.45) is 0 Å². The van der Waals surface area contributed by atoms with Gasteiger partial charge in [0, 0.05) is 11.8 Å². The normalized spacial score (nSPS) is 14.9. The van der Waals surface area contributed by atoms with Crippen LogP contribution in [0.2, 0.25) is 0 Å². The Morgan fingerprint density at radius 2 is 2.00 bits per heavy atom. The van der Waals surface area contributed by atoms with Crippen LogP contribution in [0.3, 0.4) is 0 Å². The zero-order valence-corrected chi connectivity index (χ0v) is 8.01. The summed E-state index contributed by atoms with van der Waals surface area (Å²) in [4.78, 5) is 24.4. The first-order chi connectivity index (χ1) is 7.29. The number of rotatable bonds is 1. The molecule has 76 valence electrons. The molecule has 1 N–H and O–H groups in total. The first-order valence-corrected chi connectivity index (χ1v) is 4.61. The molecule has 1 aromatic rings. The number of carbonyl (C=O) groups is 2. The maximum absolute atomic E-state index is 11.8. The van der Waals surface area contributed by atoms with Crippen molar-refractivity contribution in [3.8, 4) is 0 Å². The van der Waals surface area contributed by atoms with Crippen LogP contribution in [0.4, 0.5) is 4.79 Å². The number of nitrogens with zero attached hydrogens (tertiary/aromatic N) is 1. The highest BCUT2D eigenvalue weighted by Crippen LogP contribution is 2.06.